The molecule has 1 aliphatic rings. The van der Waals surface area contributed by atoms with Crippen molar-refractivity contribution in [1.82, 2.24) is 19.9 Å². The molecule has 0 aromatic carbocycles. The van der Waals surface area contributed by atoms with Gasteiger partial charge in [-0.2, -0.15) is 0 Å². The van der Waals surface area contributed by atoms with E-state index >= 15 is 0 Å². The molecule has 1 saturated heterocycles. The topological polar surface area (TPSA) is 71.5 Å². The molecule has 2 aromatic heterocycles. The van der Waals surface area contributed by atoms with Gasteiger partial charge in [-0.15, -0.1) is 11.3 Å². The van der Waals surface area contributed by atoms with Gasteiger partial charge in [0.15, 0.2) is 0 Å². The largest absolute Gasteiger partial charge is 0.368 e. The Hall–Kier alpha value is -2.06. The van der Waals surface area contributed by atoms with Gasteiger partial charge in [0.25, 0.3) is 5.91 Å². The van der Waals surface area contributed by atoms with Crippen LogP contribution in [0.3, 0.4) is 0 Å². The van der Waals surface area contributed by atoms with Crippen LogP contribution >= 0.6 is 11.3 Å². The van der Waals surface area contributed by atoms with Crippen molar-refractivity contribution in [3.63, 3.8) is 0 Å². The molecule has 1 amide bonds. The lowest BCUT2D eigenvalue weighted by atomic mass is 10.2. The fourth-order valence-electron chi connectivity index (χ4n) is 2.25. The first-order valence-electron chi connectivity index (χ1n) is 6.94. The van der Waals surface area contributed by atoms with Gasteiger partial charge in [-0.25, -0.2) is 15.0 Å². The van der Waals surface area contributed by atoms with Gasteiger partial charge in [-0.3, -0.25) is 4.79 Å². The summed E-state index contributed by atoms with van der Waals surface area (Å²) in [6.45, 7) is 1.53. The minimum Gasteiger partial charge on any atom is -0.368 e. The normalized spacial score (nSPS) is 18.3. The maximum Gasteiger partial charge on any atom is 0.273 e. The van der Waals surface area contributed by atoms with Crippen LogP contribution in [0.25, 0.3) is 0 Å². The van der Waals surface area contributed by atoms with Crippen molar-refractivity contribution in [2.75, 3.05) is 38.7 Å². The molecule has 116 valence electrons. The summed E-state index contributed by atoms with van der Waals surface area (Å²) >= 11 is 1.42. The maximum absolute atomic E-state index is 12.4. The van der Waals surface area contributed by atoms with E-state index in [0.29, 0.717) is 31.3 Å². The SMILES string of the molecule is CN(C)c1nccc([C@@H]2CN(C(=O)c3cscn3)CCO2)n1. The summed E-state index contributed by atoms with van der Waals surface area (Å²) in [5.41, 5.74) is 2.94. The van der Waals surface area contributed by atoms with Crippen molar-refractivity contribution < 1.29 is 9.53 Å². The Morgan fingerprint density at radius 2 is 2.32 bits per heavy atom. The smallest absolute Gasteiger partial charge is 0.273 e. The van der Waals surface area contributed by atoms with Crippen LogP contribution in [0.5, 0.6) is 0 Å². The average molecular weight is 319 g/mol. The maximum atomic E-state index is 12.4. The number of amides is 1. The van der Waals surface area contributed by atoms with E-state index in [0.717, 1.165) is 5.69 Å². The molecule has 3 heterocycles. The van der Waals surface area contributed by atoms with Crippen molar-refractivity contribution in [2.24, 2.45) is 0 Å². The van der Waals surface area contributed by atoms with Crippen molar-refractivity contribution in [2.45, 2.75) is 6.10 Å². The molecule has 0 radical (unpaired) electrons. The Kier molecular flexibility index (Phi) is 4.30. The quantitative estimate of drug-likeness (QED) is 0.847. The first kappa shape index (κ1) is 14.9. The number of anilines is 1. The number of carbonyl (C=O) groups is 1. The van der Waals surface area contributed by atoms with Gasteiger partial charge in [0.2, 0.25) is 5.95 Å². The molecule has 0 aliphatic carbocycles. The second-order valence-corrected chi connectivity index (χ2v) is 5.88. The summed E-state index contributed by atoms with van der Waals surface area (Å²) in [5, 5.41) is 1.77. The Bertz CT molecular complexity index is 646. The summed E-state index contributed by atoms with van der Waals surface area (Å²) in [7, 11) is 3.78. The standard InChI is InChI=1S/C14H17N5O2S/c1-18(2)14-15-4-3-10(17-14)12-7-19(5-6-21-12)13(20)11-8-22-9-16-11/h3-4,8-9,12H,5-7H2,1-2H3/t12-/m0/s1. The zero-order valence-corrected chi connectivity index (χ0v) is 13.3. The zero-order valence-electron chi connectivity index (χ0n) is 12.5. The lowest BCUT2D eigenvalue weighted by Crippen LogP contribution is -2.42. The Labute approximate surface area is 132 Å². The van der Waals surface area contributed by atoms with Crippen LogP contribution in [0.4, 0.5) is 5.95 Å². The second kappa shape index (κ2) is 6.37. The van der Waals surface area contributed by atoms with E-state index in [1.807, 2.05) is 25.1 Å². The molecule has 2 aromatic rings. The highest BCUT2D eigenvalue weighted by Crippen LogP contribution is 2.22. The van der Waals surface area contributed by atoms with E-state index in [1.54, 1.807) is 22.0 Å². The number of carbonyl (C=O) groups excluding carboxylic acids is 1. The van der Waals surface area contributed by atoms with Crippen molar-refractivity contribution in [1.29, 1.82) is 0 Å². The number of aromatic nitrogens is 3. The fraction of sp³-hybridized carbons (Fsp3) is 0.429. The highest BCUT2D eigenvalue weighted by molar-refractivity contribution is 7.07. The number of thiazole rings is 1. The van der Waals surface area contributed by atoms with Gasteiger partial charge >= 0.3 is 0 Å². The Morgan fingerprint density at radius 1 is 1.45 bits per heavy atom. The number of rotatable bonds is 3. The van der Waals surface area contributed by atoms with Gasteiger partial charge in [-0.05, 0) is 6.07 Å². The van der Waals surface area contributed by atoms with Crippen molar-refractivity contribution in [3.8, 4) is 0 Å². The first-order valence-corrected chi connectivity index (χ1v) is 7.89. The molecule has 0 bridgehead atoms. The van der Waals surface area contributed by atoms with Crippen LogP contribution in [0.1, 0.15) is 22.3 Å². The molecule has 1 fully saturated rings. The predicted octanol–water partition coefficient (Wildman–Crippen LogP) is 1.21. The molecule has 1 aliphatic heterocycles. The molecular formula is C14H17N5O2S. The average Bonchev–Trinajstić information content (AvgIpc) is 3.09. The van der Waals surface area contributed by atoms with E-state index in [-0.39, 0.29) is 12.0 Å². The molecule has 0 unspecified atom stereocenters. The number of hydrogen-bond donors (Lipinski definition) is 0. The van der Waals surface area contributed by atoms with Gasteiger partial charge in [0.1, 0.15) is 11.8 Å². The van der Waals surface area contributed by atoms with Gasteiger partial charge in [0, 0.05) is 32.2 Å². The van der Waals surface area contributed by atoms with Crippen LogP contribution in [0, 0.1) is 0 Å². The Morgan fingerprint density at radius 3 is 3.05 bits per heavy atom. The van der Waals surface area contributed by atoms with Crippen LogP contribution in [-0.4, -0.2) is 59.6 Å². The van der Waals surface area contributed by atoms with Gasteiger partial charge in [-0.1, -0.05) is 0 Å². The van der Waals surface area contributed by atoms with E-state index in [2.05, 4.69) is 15.0 Å². The molecular weight excluding hydrogens is 302 g/mol. The monoisotopic (exact) mass is 319 g/mol. The summed E-state index contributed by atoms with van der Waals surface area (Å²) in [6.07, 6.45) is 1.47. The predicted molar refractivity (Wildman–Crippen MR) is 83.1 cm³/mol. The minimum absolute atomic E-state index is 0.0589. The second-order valence-electron chi connectivity index (χ2n) is 5.16. The van der Waals surface area contributed by atoms with Gasteiger partial charge < -0.3 is 14.5 Å². The lowest BCUT2D eigenvalue weighted by molar-refractivity contribution is -0.0249. The molecule has 3 rings (SSSR count). The molecule has 0 spiro atoms. The van der Waals surface area contributed by atoms with E-state index in [1.165, 1.54) is 11.3 Å². The number of nitrogens with zero attached hydrogens (tertiary/aromatic N) is 5. The summed E-state index contributed by atoms with van der Waals surface area (Å²) < 4.78 is 5.78. The molecule has 1 atom stereocenters. The van der Waals surface area contributed by atoms with Crippen LogP contribution in [-0.2, 0) is 4.74 Å². The molecule has 8 heteroatoms. The summed E-state index contributed by atoms with van der Waals surface area (Å²) in [4.78, 5) is 28.8. The lowest BCUT2D eigenvalue weighted by Gasteiger charge is -2.32. The van der Waals surface area contributed by atoms with Gasteiger partial charge in [0.05, 0.1) is 24.4 Å². The number of hydrogen-bond acceptors (Lipinski definition) is 7. The molecule has 7 nitrogen and oxygen atoms in total. The third-order valence-electron chi connectivity index (χ3n) is 3.40. The van der Waals surface area contributed by atoms with E-state index in [9.17, 15) is 4.79 Å². The number of morpholine rings is 1. The third kappa shape index (κ3) is 3.07. The summed E-state index contributed by atoms with van der Waals surface area (Å²) in [5.74, 6) is 0.570. The van der Waals surface area contributed by atoms with Crippen LogP contribution in [0.15, 0.2) is 23.2 Å². The van der Waals surface area contributed by atoms with Crippen LogP contribution < -0.4 is 4.90 Å². The van der Waals surface area contributed by atoms with Crippen molar-refractivity contribution in [3.05, 3.63) is 34.5 Å². The molecule has 0 saturated carbocycles. The first-order chi connectivity index (χ1) is 10.6. The molecule has 0 N–H and O–H groups in total. The third-order valence-corrected chi connectivity index (χ3v) is 3.99. The Balaban J connectivity index is 1.75. The minimum atomic E-state index is -0.238. The fourth-order valence-corrected chi connectivity index (χ4v) is 2.78. The number of ether oxygens (including phenoxy) is 1. The van der Waals surface area contributed by atoms with E-state index in [4.69, 9.17) is 4.74 Å². The highest BCUT2D eigenvalue weighted by Gasteiger charge is 2.28. The zero-order chi connectivity index (χ0) is 15.5. The van der Waals surface area contributed by atoms with E-state index < -0.39 is 0 Å². The van der Waals surface area contributed by atoms with Crippen LogP contribution in [0.2, 0.25) is 0 Å². The van der Waals surface area contributed by atoms with Crippen molar-refractivity contribution >= 4 is 23.2 Å². The highest BCUT2D eigenvalue weighted by atomic mass is 32.1. The summed E-state index contributed by atoms with van der Waals surface area (Å²) in [6, 6.07) is 1.83. The molecule has 22 heavy (non-hydrogen) atoms.